The lowest BCUT2D eigenvalue weighted by atomic mass is 9.87. The summed E-state index contributed by atoms with van der Waals surface area (Å²) in [6.07, 6.45) is 1.21. The molecule has 1 saturated heterocycles. The normalized spacial score (nSPS) is 25.4. The van der Waals surface area contributed by atoms with E-state index in [1.165, 1.54) is 0 Å². The van der Waals surface area contributed by atoms with Crippen molar-refractivity contribution in [2.45, 2.75) is 59.2 Å². The van der Waals surface area contributed by atoms with Crippen molar-refractivity contribution in [3.05, 3.63) is 0 Å². The molecule has 1 aliphatic rings. The number of carbonyl (C=O) groups is 1. The van der Waals surface area contributed by atoms with E-state index in [4.69, 9.17) is 4.74 Å². The number of aliphatic hydroxyl groups excluding tert-OH is 1. The highest BCUT2D eigenvalue weighted by molar-refractivity contribution is 5.74. The molecule has 0 spiro atoms. The number of morpholine rings is 1. The van der Waals surface area contributed by atoms with Crippen molar-refractivity contribution in [2.24, 2.45) is 5.41 Å². The minimum absolute atomic E-state index is 0.0355. The molecule has 118 valence electrons. The Hall–Kier alpha value is -0.810. The summed E-state index contributed by atoms with van der Waals surface area (Å²) in [7, 11) is 0. The monoisotopic (exact) mass is 286 g/mol. The molecular formula is C15H30N2O3. The van der Waals surface area contributed by atoms with Crippen molar-refractivity contribution in [3.8, 4) is 0 Å². The first-order valence-electron chi connectivity index (χ1n) is 7.52. The molecule has 5 nitrogen and oxygen atoms in total. The minimum Gasteiger partial charge on any atom is -0.393 e. The fourth-order valence-electron chi connectivity index (χ4n) is 2.62. The first kappa shape index (κ1) is 17.2. The second-order valence-electron chi connectivity index (χ2n) is 6.95. The Labute approximate surface area is 122 Å². The molecule has 0 aromatic rings. The van der Waals surface area contributed by atoms with Crippen molar-refractivity contribution in [1.29, 1.82) is 0 Å². The topological polar surface area (TPSA) is 61.8 Å². The van der Waals surface area contributed by atoms with Crippen molar-refractivity contribution >= 4 is 6.03 Å². The Morgan fingerprint density at radius 3 is 2.75 bits per heavy atom. The Morgan fingerprint density at radius 1 is 1.55 bits per heavy atom. The van der Waals surface area contributed by atoms with Gasteiger partial charge in [-0.05, 0) is 32.1 Å². The number of amides is 2. The zero-order valence-electron chi connectivity index (χ0n) is 13.5. The van der Waals surface area contributed by atoms with E-state index < -0.39 is 0 Å². The van der Waals surface area contributed by atoms with Gasteiger partial charge in [-0.2, -0.15) is 0 Å². The minimum atomic E-state index is -0.353. The van der Waals surface area contributed by atoms with Crippen molar-refractivity contribution in [1.82, 2.24) is 10.2 Å². The molecule has 5 heteroatoms. The fourth-order valence-corrected chi connectivity index (χ4v) is 2.62. The number of urea groups is 1. The summed E-state index contributed by atoms with van der Waals surface area (Å²) in [5, 5.41) is 12.4. The average Bonchev–Trinajstić information content (AvgIpc) is 2.34. The van der Waals surface area contributed by atoms with Gasteiger partial charge in [0, 0.05) is 13.1 Å². The molecule has 1 fully saturated rings. The van der Waals surface area contributed by atoms with Gasteiger partial charge in [-0.25, -0.2) is 4.79 Å². The second kappa shape index (κ2) is 6.76. The van der Waals surface area contributed by atoms with E-state index in [-0.39, 0.29) is 23.2 Å². The highest BCUT2D eigenvalue weighted by Gasteiger charge is 2.33. The van der Waals surface area contributed by atoms with Gasteiger partial charge in [-0.3, -0.25) is 0 Å². The molecule has 1 aliphatic heterocycles. The lowest BCUT2D eigenvalue weighted by molar-refractivity contribution is -0.0873. The van der Waals surface area contributed by atoms with Crippen LogP contribution in [0, 0.1) is 5.41 Å². The molecule has 1 heterocycles. The number of carbonyl (C=O) groups excluding carboxylic acids is 1. The largest absolute Gasteiger partial charge is 0.393 e. The van der Waals surface area contributed by atoms with Crippen LogP contribution in [0.1, 0.15) is 47.5 Å². The van der Waals surface area contributed by atoms with E-state index in [9.17, 15) is 9.90 Å². The van der Waals surface area contributed by atoms with E-state index in [0.717, 1.165) is 6.42 Å². The van der Waals surface area contributed by atoms with E-state index in [1.54, 1.807) is 6.92 Å². The molecular weight excluding hydrogens is 256 g/mol. The molecule has 20 heavy (non-hydrogen) atoms. The number of aliphatic hydroxyl groups is 1. The van der Waals surface area contributed by atoms with Crippen LogP contribution in [0.15, 0.2) is 0 Å². The molecule has 0 unspecified atom stereocenters. The fraction of sp³-hybridized carbons (Fsp3) is 0.933. The van der Waals surface area contributed by atoms with Crippen LogP contribution >= 0.6 is 0 Å². The predicted octanol–water partition coefficient (Wildman–Crippen LogP) is 1.99. The Balaban J connectivity index is 2.46. The number of nitrogens with one attached hydrogen (secondary N) is 1. The number of nitrogens with zero attached hydrogens (tertiary/aromatic N) is 1. The van der Waals surface area contributed by atoms with Crippen molar-refractivity contribution in [3.63, 3.8) is 0 Å². The van der Waals surface area contributed by atoms with Gasteiger partial charge in [0.05, 0.1) is 24.9 Å². The summed E-state index contributed by atoms with van der Waals surface area (Å²) >= 11 is 0. The molecule has 0 aromatic carbocycles. The van der Waals surface area contributed by atoms with Gasteiger partial charge in [0.1, 0.15) is 0 Å². The molecule has 0 radical (unpaired) electrons. The number of hydrogen-bond acceptors (Lipinski definition) is 3. The van der Waals surface area contributed by atoms with Crippen LogP contribution in [0.5, 0.6) is 0 Å². The first-order valence-corrected chi connectivity index (χ1v) is 7.52. The van der Waals surface area contributed by atoms with Crippen LogP contribution in [-0.2, 0) is 4.74 Å². The molecule has 2 amide bonds. The quantitative estimate of drug-likeness (QED) is 0.812. The second-order valence-corrected chi connectivity index (χ2v) is 6.95. The standard InChI is InChI=1S/C15H30N2O3/c1-6-15(5)11-17(7-8-20-15)13(19)16-10-14(3,4)9-12(2)18/h12,18H,6-11H2,1-5H3,(H,16,19)/t12-,15+/m0/s1. The molecule has 1 rings (SSSR count). The molecule has 0 aliphatic carbocycles. The maximum absolute atomic E-state index is 12.2. The van der Waals surface area contributed by atoms with Gasteiger partial charge in [0.2, 0.25) is 0 Å². The van der Waals surface area contributed by atoms with Crippen LogP contribution < -0.4 is 5.32 Å². The van der Waals surface area contributed by atoms with Crippen LogP contribution in [0.4, 0.5) is 4.79 Å². The third kappa shape index (κ3) is 5.29. The van der Waals surface area contributed by atoms with Gasteiger partial charge in [0.15, 0.2) is 0 Å². The first-order chi connectivity index (χ1) is 9.17. The van der Waals surface area contributed by atoms with E-state index >= 15 is 0 Å². The van der Waals surface area contributed by atoms with Crippen molar-refractivity contribution in [2.75, 3.05) is 26.2 Å². The van der Waals surface area contributed by atoms with Crippen LogP contribution in [-0.4, -0.2) is 54.0 Å². The Morgan fingerprint density at radius 2 is 2.20 bits per heavy atom. The third-order valence-electron chi connectivity index (χ3n) is 3.94. The average molecular weight is 286 g/mol. The lowest BCUT2D eigenvalue weighted by Gasteiger charge is -2.40. The van der Waals surface area contributed by atoms with Crippen molar-refractivity contribution < 1.29 is 14.6 Å². The highest BCUT2D eigenvalue weighted by atomic mass is 16.5. The van der Waals surface area contributed by atoms with Gasteiger partial charge in [0.25, 0.3) is 0 Å². The number of ether oxygens (including phenoxy) is 1. The smallest absolute Gasteiger partial charge is 0.317 e. The lowest BCUT2D eigenvalue weighted by Crippen LogP contribution is -2.55. The molecule has 0 bridgehead atoms. The van der Waals surface area contributed by atoms with Gasteiger partial charge < -0.3 is 20.1 Å². The summed E-state index contributed by atoms with van der Waals surface area (Å²) < 4.78 is 5.74. The summed E-state index contributed by atoms with van der Waals surface area (Å²) in [6, 6.07) is -0.0355. The Kier molecular flexibility index (Phi) is 5.83. The zero-order valence-corrected chi connectivity index (χ0v) is 13.5. The SMILES string of the molecule is CC[C@]1(C)CN(C(=O)NCC(C)(C)C[C@H](C)O)CCO1. The van der Waals surface area contributed by atoms with E-state index in [2.05, 4.69) is 26.1 Å². The maximum atomic E-state index is 12.2. The van der Waals surface area contributed by atoms with Crippen LogP contribution in [0.25, 0.3) is 0 Å². The molecule has 0 aromatic heterocycles. The third-order valence-corrected chi connectivity index (χ3v) is 3.94. The van der Waals surface area contributed by atoms with Gasteiger partial charge in [-0.1, -0.05) is 20.8 Å². The Bertz CT molecular complexity index is 331. The number of rotatable bonds is 5. The van der Waals surface area contributed by atoms with Gasteiger partial charge in [-0.15, -0.1) is 0 Å². The van der Waals surface area contributed by atoms with Crippen LogP contribution in [0.3, 0.4) is 0 Å². The molecule has 2 N–H and O–H groups in total. The summed E-state index contributed by atoms with van der Waals surface area (Å²) in [4.78, 5) is 14.1. The summed E-state index contributed by atoms with van der Waals surface area (Å²) in [5.41, 5.74) is -0.338. The van der Waals surface area contributed by atoms with E-state index in [0.29, 0.717) is 32.7 Å². The van der Waals surface area contributed by atoms with E-state index in [1.807, 2.05) is 11.8 Å². The highest BCUT2D eigenvalue weighted by Crippen LogP contribution is 2.23. The van der Waals surface area contributed by atoms with Gasteiger partial charge >= 0.3 is 6.03 Å². The molecule has 2 atom stereocenters. The molecule has 0 saturated carbocycles. The predicted molar refractivity (Wildman–Crippen MR) is 79.7 cm³/mol. The number of hydrogen-bond donors (Lipinski definition) is 2. The maximum Gasteiger partial charge on any atom is 0.317 e. The summed E-state index contributed by atoms with van der Waals surface area (Å²) in [5.74, 6) is 0. The van der Waals surface area contributed by atoms with Crippen LogP contribution in [0.2, 0.25) is 0 Å². The zero-order chi connectivity index (χ0) is 15.4. The summed E-state index contributed by atoms with van der Waals surface area (Å²) in [6.45, 7) is 12.4.